The van der Waals surface area contributed by atoms with Crippen molar-refractivity contribution in [3.8, 4) is 0 Å². The van der Waals surface area contributed by atoms with Crippen molar-refractivity contribution in [3.05, 3.63) is 45.2 Å². The molecule has 0 saturated carbocycles. The van der Waals surface area contributed by atoms with Crippen molar-refractivity contribution in [2.75, 3.05) is 0 Å². The minimum atomic E-state index is -0.510. The Morgan fingerprint density at radius 3 is 2.77 bits per heavy atom. The fraction of sp³-hybridized carbons (Fsp3) is 0.308. The molecule has 2 aromatic heterocycles. The molecule has 0 unspecified atom stereocenters. The molecule has 2 heterocycles. The number of hydrogen-bond acceptors (Lipinski definition) is 6. The SMILES string of the molecule is Cc1ccc(C=NNC(=O)Cn2nc(C)c([N+](=O)[O-])c2C)o1. The molecule has 0 saturated heterocycles. The summed E-state index contributed by atoms with van der Waals surface area (Å²) in [7, 11) is 0. The van der Waals surface area contributed by atoms with Crippen LogP contribution in [0.5, 0.6) is 0 Å². The third kappa shape index (κ3) is 3.37. The van der Waals surface area contributed by atoms with Crippen LogP contribution in [0, 0.1) is 30.9 Å². The summed E-state index contributed by atoms with van der Waals surface area (Å²) in [5.41, 5.74) is 2.82. The van der Waals surface area contributed by atoms with E-state index < -0.39 is 10.8 Å². The molecular formula is C13H15N5O4. The van der Waals surface area contributed by atoms with Gasteiger partial charge in [0.05, 0.1) is 11.1 Å². The van der Waals surface area contributed by atoms with E-state index >= 15 is 0 Å². The maximum atomic E-state index is 11.8. The third-order valence-corrected chi connectivity index (χ3v) is 2.96. The van der Waals surface area contributed by atoms with Crippen LogP contribution in [0.15, 0.2) is 21.7 Å². The van der Waals surface area contributed by atoms with E-state index in [0.29, 0.717) is 11.5 Å². The van der Waals surface area contributed by atoms with Gasteiger partial charge < -0.3 is 4.42 Å². The van der Waals surface area contributed by atoms with Gasteiger partial charge in [-0.05, 0) is 32.9 Å². The second-order valence-electron chi connectivity index (χ2n) is 4.68. The van der Waals surface area contributed by atoms with Gasteiger partial charge in [0.25, 0.3) is 5.91 Å². The molecule has 0 radical (unpaired) electrons. The number of furan rings is 1. The Morgan fingerprint density at radius 2 is 2.23 bits per heavy atom. The van der Waals surface area contributed by atoms with Gasteiger partial charge in [-0.1, -0.05) is 0 Å². The monoisotopic (exact) mass is 305 g/mol. The Balaban J connectivity index is 1.99. The molecule has 0 fully saturated rings. The number of nitro groups is 1. The van der Waals surface area contributed by atoms with E-state index in [-0.39, 0.29) is 17.9 Å². The molecule has 1 N–H and O–H groups in total. The van der Waals surface area contributed by atoms with Crippen LogP contribution in [0.25, 0.3) is 0 Å². The number of carbonyl (C=O) groups is 1. The molecule has 0 bridgehead atoms. The average molecular weight is 305 g/mol. The number of aryl methyl sites for hydroxylation is 2. The molecule has 2 rings (SSSR count). The van der Waals surface area contributed by atoms with Gasteiger partial charge in [0, 0.05) is 0 Å². The maximum Gasteiger partial charge on any atom is 0.312 e. The van der Waals surface area contributed by atoms with Gasteiger partial charge in [0.15, 0.2) is 0 Å². The van der Waals surface area contributed by atoms with E-state index in [1.807, 2.05) is 0 Å². The van der Waals surface area contributed by atoms with Crippen LogP contribution in [0.4, 0.5) is 5.69 Å². The highest BCUT2D eigenvalue weighted by atomic mass is 16.6. The first-order chi connectivity index (χ1) is 10.4. The fourth-order valence-corrected chi connectivity index (χ4v) is 1.97. The van der Waals surface area contributed by atoms with Gasteiger partial charge in [-0.15, -0.1) is 0 Å². The molecule has 2 aromatic rings. The van der Waals surface area contributed by atoms with Crippen molar-refractivity contribution in [1.82, 2.24) is 15.2 Å². The molecule has 1 amide bonds. The van der Waals surface area contributed by atoms with Crippen LogP contribution in [-0.4, -0.2) is 26.8 Å². The number of hydrazone groups is 1. The van der Waals surface area contributed by atoms with E-state index in [0.717, 1.165) is 5.76 Å². The Kier molecular flexibility index (Phi) is 4.35. The van der Waals surface area contributed by atoms with Gasteiger partial charge in [0.1, 0.15) is 29.5 Å². The second-order valence-corrected chi connectivity index (χ2v) is 4.68. The maximum absolute atomic E-state index is 11.8. The summed E-state index contributed by atoms with van der Waals surface area (Å²) < 4.78 is 6.53. The summed E-state index contributed by atoms with van der Waals surface area (Å²) in [6, 6.07) is 3.49. The van der Waals surface area contributed by atoms with Crippen LogP contribution in [-0.2, 0) is 11.3 Å². The van der Waals surface area contributed by atoms with Crippen molar-refractivity contribution in [1.29, 1.82) is 0 Å². The fourth-order valence-electron chi connectivity index (χ4n) is 1.97. The summed E-state index contributed by atoms with van der Waals surface area (Å²) in [4.78, 5) is 22.1. The smallest absolute Gasteiger partial charge is 0.312 e. The Labute approximate surface area is 125 Å². The van der Waals surface area contributed by atoms with Gasteiger partial charge in [-0.3, -0.25) is 19.6 Å². The van der Waals surface area contributed by atoms with E-state index in [9.17, 15) is 14.9 Å². The second kappa shape index (κ2) is 6.20. The largest absolute Gasteiger partial charge is 0.460 e. The van der Waals surface area contributed by atoms with Gasteiger partial charge >= 0.3 is 5.69 Å². The normalized spacial score (nSPS) is 11.0. The molecule has 0 aliphatic heterocycles. The lowest BCUT2D eigenvalue weighted by Gasteiger charge is -2.01. The zero-order valence-electron chi connectivity index (χ0n) is 12.4. The van der Waals surface area contributed by atoms with Crippen molar-refractivity contribution in [2.45, 2.75) is 27.3 Å². The van der Waals surface area contributed by atoms with Crippen LogP contribution in [0.1, 0.15) is 22.9 Å². The lowest BCUT2D eigenvalue weighted by Crippen LogP contribution is -2.24. The summed E-state index contributed by atoms with van der Waals surface area (Å²) in [6.07, 6.45) is 1.37. The first kappa shape index (κ1) is 15.4. The van der Waals surface area contributed by atoms with E-state index in [1.54, 1.807) is 26.0 Å². The quantitative estimate of drug-likeness (QED) is 0.510. The van der Waals surface area contributed by atoms with E-state index in [1.165, 1.54) is 17.8 Å². The van der Waals surface area contributed by atoms with Crippen LogP contribution < -0.4 is 5.43 Å². The highest BCUT2D eigenvalue weighted by molar-refractivity contribution is 5.80. The van der Waals surface area contributed by atoms with Crippen molar-refractivity contribution < 1.29 is 14.1 Å². The molecule has 9 heteroatoms. The molecule has 0 spiro atoms. The minimum Gasteiger partial charge on any atom is -0.460 e. The number of nitrogens with one attached hydrogen (secondary N) is 1. The van der Waals surface area contributed by atoms with Gasteiger partial charge in [0.2, 0.25) is 0 Å². The third-order valence-electron chi connectivity index (χ3n) is 2.96. The van der Waals surface area contributed by atoms with Crippen LogP contribution in [0.2, 0.25) is 0 Å². The van der Waals surface area contributed by atoms with Crippen molar-refractivity contribution >= 4 is 17.8 Å². The summed E-state index contributed by atoms with van der Waals surface area (Å²) >= 11 is 0. The zero-order valence-corrected chi connectivity index (χ0v) is 12.4. The summed E-state index contributed by atoms with van der Waals surface area (Å²) in [6.45, 7) is 4.71. The molecule has 9 nitrogen and oxygen atoms in total. The number of carbonyl (C=O) groups excluding carboxylic acids is 1. The summed E-state index contributed by atoms with van der Waals surface area (Å²) in [5, 5.41) is 18.6. The number of nitrogens with zero attached hydrogens (tertiary/aromatic N) is 4. The molecule has 0 aromatic carbocycles. The predicted molar refractivity (Wildman–Crippen MR) is 77.5 cm³/mol. The highest BCUT2D eigenvalue weighted by Gasteiger charge is 2.22. The highest BCUT2D eigenvalue weighted by Crippen LogP contribution is 2.21. The number of aromatic nitrogens is 2. The minimum absolute atomic E-state index is 0.0811. The first-order valence-electron chi connectivity index (χ1n) is 6.45. The predicted octanol–water partition coefficient (Wildman–Crippen LogP) is 1.46. The molecule has 0 aliphatic rings. The standard InChI is InChI=1S/C13H15N5O4/c1-8-4-5-11(22-8)6-14-15-12(19)7-17-10(3)13(18(20)21)9(2)16-17/h4-6H,7H2,1-3H3,(H,15,19). The number of amides is 1. The Morgan fingerprint density at radius 1 is 1.50 bits per heavy atom. The zero-order chi connectivity index (χ0) is 16.3. The molecule has 0 atom stereocenters. The topological polar surface area (TPSA) is 116 Å². The summed E-state index contributed by atoms with van der Waals surface area (Å²) in [5.74, 6) is 0.808. The average Bonchev–Trinajstić information content (AvgIpc) is 2.94. The van der Waals surface area contributed by atoms with Gasteiger partial charge in [-0.25, -0.2) is 5.43 Å². The van der Waals surface area contributed by atoms with E-state index in [2.05, 4.69) is 15.6 Å². The molecule has 116 valence electrons. The molecular weight excluding hydrogens is 290 g/mol. The lowest BCUT2D eigenvalue weighted by atomic mass is 10.3. The molecule has 0 aliphatic carbocycles. The van der Waals surface area contributed by atoms with Crippen molar-refractivity contribution in [3.63, 3.8) is 0 Å². The lowest BCUT2D eigenvalue weighted by molar-refractivity contribution is -0.386. The van der Waals surface area contributed by atoms with Crippen LogP contribution >= 0.6 is 0 Å². The van der Waals surface area contributed by atoms with E-state index in [4.69, 9.17) is 4.42 Å². The first-order valence-corrected chi connectivity index (χ1v) is 6.45. The van der Waals surface area contributed by atoms with Crippen LogP contribution in [0.3, 0.4) is 0 Å². The Bertz CT molecular complexity index is 744. The van der Waals surface area contributed by atoms with Gasteiger partial charge in [-0.2, -0.15) is 10.2 Å². The number of hydrogen-bond donors (Lipinski definition) is 1. The number of rotatable bonds is 5. The van der Waals surface area contributed by atoms with Crippen molar-refractivity contribution in [2.24, 2.45) is 5.10 Å². The Hall–Kier alpha value is -2.97. The molecule has 22 heavy (non-hydrogen) atoms.